The zero-order valence-corrected chi connectivity index (χ0v) is 13.8. The third kappa shape index (κ3) is 2.54. The normalized spacial score (nSPS) is 20.2. The number of carbonyl (C=O) groups excluding carboxylic acids is 1. The highest BCUT2D eigenvalue weighted by Crippen LogP contribution is 2.30. The standard InChI is InChI=1S/C18H27NO/c1-11-12(2)14(4)17(15(5)13(11)3)18(20)16-8-7-9-19(6)10-16/h16H,7-10H2,1-6H3. The summed E-state index contributed by atoms with van der Waals surface area (Å²) in [5.41, 5.74) is 7.25. The van der Waals surface area contributed by atoms with Crippen LogP contribution in [0.15, 0.2) is 0 Å². The molecule has 110 valence electrons. The second-order valence-corrected chi connectivity index (χ2v) is 6.47. The van der Waals surface area contributed by atoms with E-state index in [1.807, 2.05) is 0 Å². The number of benzene rings is 1. The largest absolute Gasteiger partial charge is 0.306 e. The number of hydrogen-bond acceptors (Lipinski definition) is 2. The molecule has 2 rings (SSSR count). The van der Waals surface area contributed by atoms with Crippen LogP contribution in [0, 0.1) is 40.5 Å². The number of carbonyl (C=O) groups is 1. The maximum Gasteiger partial charge on any atom is 0.167 e. The minimum Gasteiger partial charge on any atom is -0.306 e. The van der Waals surface area contributed by atoms with Crippen molar-refractivity contribution in [2.45, 2.75) is 47.5 Å². The first-order valence-electron chi connectivity index (χ1n) is 7.64. The van der Waals surface area contributed by atoms with Gasteiger partial charge < -0.3 is 4.90 Å². The van der Waals surface area contributed by atoms with Crippen molar-refractivity contribution in [1.29, 1.82) is 0 Å². The molecular formula is C18H27NO. The number of rotatable bonds is 2. The molecule has 0 aliphatic carbocycles. The van der Waals surface area contributed by atoms with E-state index < -0.39 is 0 Å². The van der Waals surface area contributed by atoms with Crippen LogP contribution in [0.3, 0.4) is 0 Å². The van der Waals surface area contributed by atoms with Gasteiger partial charge in [0.25, 0.3) is 0 Å². The molecule has 1 unspecified atom stereocenters. The fourth-order valence-corrected chi connectivity index (χ4v) is 3.45. The minimum atomic E-state index is 0.174. The molecule has 0 aromatic heterocycles. The van der Waals surface area contributed by atoms with Crippen molar-refractivity contribution < 1.29 is 4.79 Å². The lowest BCUT2D eigenvalue weighted by atomic mass is 9.82. The second-order valence-electron chi connectivity index (χ2n) is 6.47. The fourth-order valence-electron chi connectivity index (χ4n) is 3.45. The second kappa shape index (κ2) is 5.69. The molecule has 20 heavy (non-hydrogen) atoms. The van der Waals surface area contributed by atoms with Gasteiger partial charge in [-0.3, -0.25) is 4.79 Å². The minimum absolute atomic E-state index is 0.174. The quantitative estimate of drug-likeness (QED) is 0.765. The first kappa shape index (κ1) is 15.2. The monoisotopic (exact) mass is 273 g/mol. The van der Waals surface area contributed by atoms with Crippen LogP contribution in [0.5, 0.6) is 0 Å². The number of hydrogen-bond donors (Lipinski definition) is 0. The van der Waals surface area contributed by atoms with Crippen molar-refractivity contribution in [2.24, 2.45) is 5.92 Å². The molecular weight excluding hydrogens is 246 g/mol. The van der Waals surface area contributed by atoms with E-state index in [1.165, 1.54) is 27.8 Å². The zero-order valence-electron chi connectivity index (χ0n) is 13.8. The van der Waals surface area contributed by atoms with Gasteiger partial charge in [-0.05, 0) is 88.9 Å². The molecule has 0 N–H and O–H groups in total. The predicted octanol–water partition coefficient (Wildman–Crippen LogP) is 3.75. The molecule has 0 amide bonds. The van der Waals surface area contributed by atoms with E-state index in [0.29, 0.717) is 5.78 Å². The third-order valence-electron chi connectivity index (χ3n) is 5.24. The van der Waals surface area contributed by atoms with Crippen molar-refractivity contribution in [2.75, 3.05) is 20.1 Å². The number of likely N-dealkylation sites (tertiary alicyclic amines) is 1. The maximum absolute atomic E-state index is 13.0. The Kier molecular flexibility index (Phi) is 4.33. The summed E-state index contributed by atoms with van der Waals surface area (Å²) in [5, 5.41) is 0. The molecule has 1 aromatic rings. The summed E-state index contributed by atoms with van der Waals surface area (Å²) in [4.78, 5) is 15.3. The highest BCUT2D eigenvalue weighted by atomic mass is 16.1. The molecule has 1 aliphatic heterocycles. The average Bonchev–Trinajstić information content (AvgIpc) is 2.43. The van der Waals surface area contributed by atoms with Crippen LogP contribution in [-0.2, 0) is 0 Å². The molecule has 0 radical (unpaired) electrons. The number of piperidine rings is 1. The van der Waals surface area contributed by atoms with Crippen molar-refractivity contribution in [3.8, 4) is 0 Å². The van der Waals surface area contributed by atoms with E-state index in [0.717, 1.165) is 31.5 Å². The van der Waals surface area contributed by atoms with Crippen molar-refractivity contribution in [3.05, 3.63) is 33.4 Å². The number of Topliss-reactive ketones (excluding diaryl/α,β-unsaturated/α-hetero) is 1. The lowest BCUT2D eigenvalue weighted by Gasteiger charge is -2.30. The van der Waals surface area contributed by atoms with Gasteiger partial charge in [-0.15, -0.1) is 0 Å². The van der Waals surface area contributed by atoms with Gasteiger partial charge in [0.15, 0.2) is 5.78 Å². The van der Waals surface area contributed by atoms with Gasteiger partial charge in [-0.25, -0.2) is 0 Å². The highest BCUT2D eigenvalue weighted by Gasteiger charge is 2.28. The molecule has 0 spiro atoms. The van der Waals surface area contributed by atoms with Gasteiger partial charge in [0.05, 0.1) is 0 Å². The Morgan fingerprint density at radius 1 is 0.950 bits per heavy atom. The molecule has 1 atom stereocenters. The molecule has 1 aromatic carbocycles. The van der Waals surface area contributed by atoms with Crippen LogP contribution >= 0.6 is 0 Å². The van der Waals surface area contributed by atoms with Crippen LogP contribution in [0.4, 0.5) is 0 Å². The van der Waals surface area contributed by atoms with Gasteiger partial charge in [0, 0.05) is 18.0 Å². The lowest BCUT2D eigenvalue weighted by Crippen LogP contribution is -2.36. The summed E-state index contributed by atoms with van der Waals surface area (Å²) in [6, 6.07) is 0. The summed E-state index contributed by atoms with van der Waals surface area (Å²) in [5.74, 6) is 0.533. The Morgan fingerprint density at radius 3 is 1.95 bits per heavy atom. The average molecular weight is 273 g/mol. The van der Waals surface area contributed by atoms with Gasteiger partial charge in [-0.1, -0.05) is 0 Å². The van der Waals surface area contributed by atoms with E-state index in [-0.39, 0.29) is 5.92 Å². The summed E-state index contributed by atoms with van der Waals surface area (Å²) >= 11 is 0. The smallest absolute Gasteiger partial charge is 0.167 e. The van der Waals surface area contributed by atoms with E-state index in [9.17, 15) is 4.79 Å². The van der Waals surface area contributed by atoms with Crippen molar-refractivity contribution >= 4 is 5.78 Å². The van der Waals surface area contributed by atoms with E-state index in [2.05, 4.69) is 46.6 Å². The summed E-state index contributed by atoms with van der Waals surface area (Å²) in [6.07, 6.45) is 2.17. The summed E-state index contributed by atoms with van der Waals surface area (Å²) in [7, 11) is 2.12. The fraction of sp³-hybridized carbons (Fsp3) is 0.611. The molecule has 2 heteroatoms. The van der Waals surface area contributed by atoms with Crippen LogP contribution in [0.25, 0.3) is 0 Å². The Labute approximate surface area is 123 Å². The Morgan fingerprint density at radius 2 is 1.45 bits per heavy atom. The predicted molar refractivity (Wildman–Crippen MR) is 84.7 cm³/mol. The number of ketones is 1. The highest BCUT2D eigenvalue weighted by molar-refractivity contribution is 6.01. The molecule has 2 nitrogen and oxygen atoms in total. The van der Waals surface area contributed by atoms with Crippen LogP contribution < -0.4 is 0 Å². The first-order chi connectivity index (χ1) is 9.34. The molecule has 1 heterocycles. The van der Waals surface area contributed by atoms with Crippen LogP contribution in [-0.4, -0.2) is 30.8 Å². The molecule has 1 aliphatic rings. The van der Waals surface area contributed by atoms with E-state index >= 15 is 0 Å². The Balaban J connectivity index is 2.44. The zero-order chi connectivity index (χ0) is 15.0. The van der Waals surface area contributed by atoms with E-state index in [1.54, 1.807) is 0 Å². The van der Waals surface area contributed by atoms with Crippen molar-refractivity contribution in [3.63, 3.8) is 0 Å². The van der Waals surface area contributed by atoms with Gasteiger partial charge >= 0.3 is 0 Å². The van der Waals surface area contributed by atoms with Crippen molar-refractivity contribution in [1.82, 2.24) is 4.90 Å². The van der Waals surface area contributed by atoms with Crippen LogP contribution in [0.1, 0.15) is 51.0 Å². The SMILES string of the molecule is Cc1c(C)c(C)c(C(=O)C2CCCN(C)C2)c(C)c1C. The molecule has 1 saturated heterocycles. The molecule has 1 fully saturated rings. The summed E-state index contributed by atoms with van der Waals surface area (Å²) in [6.45, 7) is 12.7. The van der Waals surface area contributed by atoms with Gasteiger partial charge in [-0.2, -0.15) is 0 Å². The maximum atomic E-state index is 13.0. The lowest BCUT2D eigenvalue weighted by molar-refractivity contribution is 0.0841. The van der Waals surface area contributed by atoms with E-state index in [4.69, 9.17) is 0 Å². The van der Waals surface area contributed by atoms with Gasteiger partial charge in [0.1, 0.15) is 0 Å². The Hall–Kier alpha value is -1.15. The molecule has 0 saturated carbocycles. The molecule has 0 bridgehead atoms. The first-order valence-corrected chi connectivity index (χ1v) is 7.64. The topological polar surface area (TPSA) is 20.3 Å². The third-order valence-corrected chi connectivity index (χ3v) is 5.24. The summed E-state index contributed by atoms with van der Waals surface area (Å²) < 4.78 is 0. The van der Waals surface area contributed by atoms with Crippen LogP contribution in [0.2, 0.25) is 0 Å². The number of nitrogens with zero attached hydrogens (tertiary/aromatic N) is 1. The Bertz CT molecular complexity index is 516. The van der Waals surface area contributed by atoms with Gasteiger partial charge in [0.2, 0.25) is 0 Å².